The van der Waals surface area contributed by atoms with Gasteiger partial charge in [0.15, 0.2) is 0 Å². The Balaban J connectivity index is 3.46. The summed E-state index contributed by atoms with van der Waals surface area (Å²) in [5.41, 5.74) is 0.296. The first kappa shape index (κ1) is 13.2. The van der Waals surface area contributed by atoms with Crippen molar-refractivity contribution in [2.45, 2.75) is 6.92 Å². The molecule has 0 aromatic heterocycles. The predicted molar refractivity (Wildman–Crippen MR) is 53.3 cm³/mol. The fourth-order valence-electron chi connectivity index (χ4n) is 0.551. The van der Waals surface area contributed by atoms with Crippen LogP contribution in [0.25, 0.3) is 0 Å². The van der Waals surface area contributed by atoms with Crippen LogP contribution in [-0.2, 0) is 19.0 Å². The molecule has 0 radical (unpaired) electrons. The van der Waals surface area contributed by atoms with Gasteiger partial charge in [0.25, 0.3) is 0 Å². The standard InChI is InChI=1S/C10H14O5/c1-4-5-14-10(12)15-7-6-13-9(11)8(2)3/h4H,1-2,5-7H2,3H3. The van der Waals surface area contributed by atoms with Crippen molar-refractivity contribution in [2.24, 2.45) is 0 Å². The zero-order chi connectivity index (χ0) is 11.7. The summed E-state index contributed by atoms with van der Waals surface area (Å²) in [4.78, 5) is 21.6. The van der Waals surface area contributed by atoms with Crippen molar-refractivity contribution in [3.63, 3.8) is 0 Å². The van der Waals surface area contributed by atoms with E-state index in [9.17, 15) is 9.59 Å². The predicted octanol–water partition coefficient (Wildman–Crippen LogP) is 1.44. The highest BCUT2D eigenvalue weighted by atomic mass is 16.7. The van der Waals surface area contributed by atoms with E-state index in [0.29, 0.717) is 5.57 Å². The van der Waals surface area contributed by atoms with Crippen LogP contribution in [0.3, 0.4) is 0 Å². The second-order valence-corrected chi connectivity index (χ2v) is 2.61. The molecule has 0 saturated carbocycles. The van der Waals surface area contributed by atoms with Crippen molar-refractivity contribution in [1.29, 1.82) is 0 Å². The van der Waals surface area contributed by atoms with E-state index in [0.717, 1.165) is 0 Å². The Morgan fingerprint density at radius 1 is 1.20 bits per heavy atom. The number of carbonyl (C=O) groups excluding carboxylic acids is 2. The van der Waals surface area contributed by atoms with Gasteiger partial charge in [-0.05, 0) is 6.92 Å². The maximum atomic E-state index is 10.9. The minimum Gasteiger partial charge on any atom is -0.459 e. The summed E-state index contributed by atoms with van der Waals surface area (Å²) in [6.07, 6.45) is 0.601. The molecule has 5 nitrogen and oxygen atoms in total. The van der Waals surface area contributed by atoms with E-state index in [-0.39, 0.29) is 19.8 Å². The van der Waals surface area contributed by atoms with Gasteiger partial charge in [0.1, 0.15) is 19.8 Å². The molecule has 0 N–H and O–H groups in total. The van der Waals surface area contributed by atoms with Crippen molar-refractivity contribution in [3.8, 4) is 0 Å². The van der Waals surface area contributed by atoms with Crippen LogP contribution in [0.5, 0.6) is 0 Å². The molecule has 0 heterocycles. The van der Waals surface area contributed by atoms with E-state index in [1.807, 2.05) is 0 Å². The fourth-order valence-corrected chi connectivity index (χ4v) is 0.551. The SMILES string of the molecule is C=CCOC(=O)OCCOC(=O)C(=C)C. The Morgan fingerprint density at radius 3 is 2.33 bits per heavy atom. The van der Waals surface area contributed by atoms with E-state index < -0.39 is 12.1 Å². The van der Waals surface area contributed by atoms with Crippen LogP contribution in [0.1, 0.15) is 6.92 Å². The highest BCUT2D eigenvalue weighted by Gasteiger charge is 2.05. The molecular formula is C10H14O5. The molecule has 0 amide bonds. The number of esters is 1. The normalized spacial score (nSPS) is 8.87. The quantitative estimate of drug-likeness (QED) is 0.290. The number of hydrogen-bond donors (Lipinski definition) is 0. The van der Waals surface area contributed by atoms with Crippen molar-refractivity contribution in [3.05, 3.63) is 24.8 Å². The molecule has 0 aromatic carbocycles. The summed E-state index contributed by atoms with van der Waals surface area (Å²) < 4.78 is 13.7. The fraction of sp³-hybridized carbons (Fsp3) is 0.400. The monoisotopic (exact) mass is 214 g/mol. The Labute approximate surface area is 88.3 Å². The zero-order valence-corrected chi connectivity index (χ0v) is 8.65. The molecule has 0 bridgehead atoms. The van der Waals surface area contributed by atoms with Gasteiger partial charge in [-0.15, -0.1) is 0 Å². The van der Waals surface area contributed by atoms with Gasteiger partial charge in [-0.1, -0.05) is 19.2 Å². The lowest BCUT2D eigenvalue weighted by molar-refractivity contribution is -0.140. The van der Waals surface area contributed by atoms with Crippen molar-refractivity contribution in [2.75, 3.05) is 19.8 Å². The molecule has 0 aliphatic carbocycles. The Bertz CT molecular complexity index is 257. The first-order chi connectivity index (χ1) is 7.07. The van der Waals surface area contributed by atoms with Crippen molar-refractivity contribution >= 4 is 12.1 Å². The topological polar surface area (TPSA) is 61.8 Å². The maximum absolute atomic E-state index is 10.9. The molecule has 0 aromatic rings. The van der Waals surface area contributed by atoms with E-state index in [2.05, 4.69) is 27.4 Å². The third-order valence-corrected chi connectivity index (χ3v) is 1.20. The summed E-state index contributed by atoms with van der Waals surface area (Å²) in [5.74, 6) is -0.516. The van der Waals surface area contributed by atoms with Crippen LogP contribution in [0.15, 0.2) is 24.8 Å². The molecule has 15 heavy (non-hydrogen) atoms. The number of carbonyl (C=O) groups is 2. The van der Waals surface area contributed by atoms with Gasteiger partial charge in [-0.25, -0.2) is 9.59 Å². The summed E-state index contributed by atoms with van der Waals surface area (Å²) >= 11 is 0. The minimum atomic E-state index is -0.818. The van der Waals surface area contributed by atoms with Crippen molar-refractivity contribution in [1.82, 2.24) is 0 Å². The summed E-state index contributed by atoms with van der Waals surface area (Å²) in [7, 11) is 0. The molecule has 84 valence electrons. The first-order valence-electron chi connectivity index (χ1n) is 4.31. The molecule has 0 aliphatic heterocycles. The second-order valence-electron chi connectivity index (χ2n) is 2.61. The molecule has 0 rings (SSSR count). The lowest BCUT2D eigenvalue weighted by Crippen LogP contribution is -2.15. The minimum absolute atomic E-state index is 0.0190. The summed E-state index contributed by atoms with van der Waals surface area (Å²) in [5, 5.41) is 0. The average Bonchev–Trinajstić information content (AvgIpc) is 2.20. The number of hydrogen-bond acceptors (Lipinski definition) is 5. The first-order valence-corrected chi connectivity index (χ1v) is 4.31. The number of ether oxygens (including phenoxy) is 3. The molecule has 0 spiro atoms. The highest BCUT2D eigenvalue weighted by molar-refractivity contribution is 5.86. The van der Waals surface area contributed by atoms with Gasteiger partial charge in [0, 0.05) is 5.57 Å². The Morgan fingerprint density at radius 2 is 1.80 bits per heavy atom. The van der Waals surface area contributed by atoms with Gasteiger partial charge in [-0.3, -0.25) is 0 Å². The average molecular weight is 214 g/mol. The van der Waals surface area contributed by atoms with E-state index in [1.54, 1.807) is 0 Å². The van der Waals surface area contributed by atoms with Crippen LogP contribution in [0.4, 0.5) is 4.79 Å². The van der Waals surface area contributed by atoms with Crippen LogP contribution < -0.4 is 0 Å². The van der Waals surface area contributed by atoms with Gasteiger partial charge >= 0.3 is 12.1 Å². The summed E-state index contributed by atoms with van der Waals surface area (Å²) in [6.45, 7) is 8.30. The Kier molecular flexibility index (Phi) is 6.70. The third-order valence-electron chi connectivity index (χ3n) is 1.20. The van der Waals surface area contributed by atoms with Gasteiger partial charge < -0.3 is 14.2 Å². The summed E-state index contributed by atoms with van der Waals surface area (Å²) in [6, 6.07) is 0. The van der Waals surface area contributed by atoms with Crippen LogP contribution in [-0.4, -0.2) is 31.9 Å². The molecule has 0 fully saturated rings. The van der Waals surface area contributed by atoms with E-state index in [1.165, 1.54) is 13.0 Å². The molecule has 0 aliphatic rings. The largest absolute Gasteiger partial charge is 0.508 e. The second kappa shape index (κ2) is 7.61. The van der Waals surface area contributed by atoms with Crippen LogP contribution in [0, 0.1) is 0 Å². The zero-order valence-electron chi connectivity index (χ0n) is 8.65. The smallest absolute Gasteiger partial charge is 0.459 e. The van der Waals surface area contributed by atoms with Crippen LogP contribution in [0.2, 0.25) is 0 Å². The van der Waals surface area contributed by atoms with E-state index in [4.69, 9.17) is 0 Å². The molecule has 0 atom stereocenters. The van der Waals surface area contributed by atoms with Crippen molar-refractivity contribution < 1.29 is 23.8 Å². The lowest BCUT2D eigenvalue weighted by atomic mass is 10.4. The molecule has 0 saturated heterocycles. The maximum Gasteiger partial charge on any atom is 0.508 e. The van der Waals surface area contributed by atoms with Crippen LogP contribution >= 0.6 is 0 Å². The molecule has 5 heteroatoms. The van der Waals surface area contributed by atoms with Gasteiger partial charge in [0.2, 0.25) is 0 Å². The molecule has 0 unspecified atom stereocenters. The lowest BCUT2D eigenvalue weighted by Gasteiger charge is -2.05. The van der Waals surface area contributed by atoms with E-state index >= 15 is 0 Å². The Hall–Kier alpha value is -1.78. The highest BCUT2D eigenvalue weighted by Crippen LogP contribution is 1.92. The third kappa shape index (κ3) is 7.30. The molecular weight excluding hydrogens is 200 g/mol. The number of rotatable bonds is 6. The van der Waals surface area contributed by atoms with Gasteiger partial charge in [-0.2, -0.15) is 0 Å². The van der Waals surface area contributed by atoms with Gasteiger partial charge in [0.05, 0.1) is 0 Å².